The summed E-state index contributed by atoms with van der Waals surface area (Å²) in [5.74, 6) is 1.35. The molecule has 1 aromatic heterocycles. The number of methoxy groups -OCH3 is 2. The Bertz CT molecular complexity index is 545. The van der Waals surface area contributed by atoms with Crippen LogP contribution in [0.4, 0.5) is 5.82 Å². The summed E-state index contributed by atoms with van der Waals surface area (Å²) in [6, 6.07) is 0. The molecule has 1 amide bonds. The van der Waals surface area contributed by atoms with Gasteiger partial charge < -0.3 is 24.4 Å². The second-order valence-corrected chi connectivity index (χ2v) is 5.89. The molecule has 140 valence electrons. The number of nitrogens with zero attached hydrogens (tertiary/aromatic N) is 4. The molecular formula is C16H27N5O4. The van der Waals surface area contributed by atoms with Gasteiger partial charge in [0.1, 0.15) is 6.33 Å². The maximum Gasteiger partial charge on any atom is 0.234 e. The van der Waals surface area contributed by atoms with Gasteiger partial charge in [-0.3, -0.25) is 9.69 Å². The minimum atomic E-state index is -0.0957. The van der Waals surface area contributed by atoms with Crippen LogP contribution in [-0.4, -0.2) is 94.1 Å². The smallest absolute Gasteiger partial charge is 0.234 e. The van der Waals surface area contributed by atoms with Gasteiger partial charge in [-0.15, -0.1) is 0 Å². The third kappa shape index (κ3) is 6.11. The molecule has 1 aliphatic rings. The summed E-state index contributed by atoms with van der Waals surface area (Å²) in [4.78, 5) is 24.3. The van der Waals surface area contributed by atoms with Crippen LogP contribution in [0, 0.1) is 0 Å². The number of amides is 1. The van der Waals surface area contributed by atoms with Crippen LogP contribution in [-0.2, 0) is 14.3 Å². The highest BCUT2D eigenvalue weighted by molar-refractivity contribution is 5.78. The number of hydrogen-bond acceptors (Lipinski definition) is 8. The van der Waals surface area contributed by atoms with Crippen LogP contribution in [0.15, 0.2) is 12.5 Å². The van der Waals surface area contributed by atoms with E-state index < -0.39 is 0 Å². The molecule has 0 spiro atoms. The van der Waals surface area contributed by atoms with Gasteiger partial charge in [0.15, 0.2) is 11.6 Å². The van der Waals surface area contributed by atoms with Crippen molar-refractivity contribution in [3.8, 4) is 5.75 Å². The zero-order valence-electron chi connectivity index (χ0n) is 15.1. The third-order valence-electron chi connectivity index (χ3n) is 3.93. The number of carbonyl (C=O) groups is 1. The van der Waals surface area contributed by atoms with Crippen LogP contribution in [0.5, 0.6) is 5.75 Å². The Morgan fingerprint density at radius 2 is 2.36 bits per heavy atom. The van der Waals surface area contributed by atoms with Crippen LogP contribution in [0.3, 0.4) is 0 Å². The summed E-state index contributed by atoms with van der Waals surface area (Å²) in [6.45, 7) is 4.03. The number of hydrogen-bond donors (Lipinski definition) is 1. The second-order valence-electron chi connectivity index (χ2n) is 5.89. The number of carbonyl (C=O) groups excluding carboxylic acids is 1. The van der Waals surface area contributed by atoms with E-state index in [9.17, 15) is 4.79 Å². The van der Waals surface area contributed by atoms with Crippen LogP contribution >= 0.6 is 0 Å². The molecule has 0 bridgehead atoms. The molecule has 2 rings (SSSR count). The number of rotatable bonds is 9. The summed E-state index contributed by atoms with van der Waals surface area (Å²) in [5.41, 5.74) is 0. The highest BCUT2D eigenvalue weighted by atomic mass is 16.5. The van der Waals surface area contributed by atoms with E-state index in [1.165, 1.54) is 6.33 Å². The van der Waals surface area contributed by atoms with Gasteiger partial charge in [0.05, 0.1) is 39.2 Å². The maximum atomic E-state index is 12.0. The molecule has 1 aromatic rings. The molecule has 0 aromatic carbocycles. The fourth-order valence-electron chi connectivity index (χ4n) is 2.58. The monoisotopic (exact) mass is 353 g/mol. The molecule has 1 atom stereocenters. The normalized spacial score (nSPS) is 17.6. The van der Waals surface area contributed by atoms with E-state index in [4.69, 9.17) is 14.2 Å². The van der Waals surface area contributed by atoms with Gasteiger partial charge in [-0.1, -0.05) is 0 Å². The maximum absolute atomic E-state index is 12.0. The first kappa shape index (κ1) is 19.4. The largest absolute Gasteiger partial charge is 0.491 e. The number of aromatic nitrogens is 2. The molecule has 1 unspecified atom stereocenters. The van der Waals surface area contributed by atoms with Crippen LogP contribution in [0.2, 0.25) is 0 Å². The molecule has 0 radical (unpaired) electrons. The van der Waals surface area contributed by atoms with E-state index in [2.05, 4.69) is 20.2 Å². The number of likely N-dealkylation sites (N-methyl/N-ethyl adjacent to an activating group) is 1. The van der Waals surface area contributed by atoms with Gasteiger partial charge in [-0.25, -0.2) is 9.97 Å². The van der Waals surface area contributed by atoms with Gasteiger partial charge in [-0.05, 0) is 7.05 Å². The molecule has 0 saturated carbocycles. The molecule has 9 nitrogen and oxygen atoms in total. The third-order valence-corrected chi connectivity index (χ3v) is 3.93. The predicted octanol–water partition coefficient (Wildman–Crippen LogP) is -0.615. The first-order chi connectivity index (χ1) is 12.1. The highest BCUT2D eigenvalue weighted by Gasteiger charge is 2.24. The summed E-state index contributed by atoms with van der Waals surface area (Å²) in [6.07, 6.45) is 3.05. The van der Waals surface area contributed by atoms with Crippen molar-refractivity contribution in [2.24, 2.45) is 0 Å². The molecule has 1 saturated heterocycles. The topological polar surface area (TPSA) is 89.1 Å². The quantitative estimate of drug-likeness (QED) is 0.629. The van der Waals surface area contributed by atoms with Crippen molar-refractivity contribution in [1.82, 2.24) is 20.2 Å². The Balaban J connectivity index is 1.80. The molecule has 1 aliphatic heterocycles. The summed E-state index contributed by atoms with van der Waals surface area (Å²) >= 11 is 0. The zero-order valence-corrected chi connectivity index (χ0v) is 15.1. The number of anilines is 1. The summed E-state index contributed by atoms with van der Waals surface area (Å²) in [5, 5.41) is 2.92. The fraction of sp³-hybridized carbons (Fsp3) is 0.688. The SMILES string of the molecule is COCCN(C)CC(=O)NCC1CN(c2ncncc2OC)CCO1. The first-order valence-electron chi connectivity index (χ1n) is 8.28. The van der Waals surface area contributed by atoms with E-state index in [0.29, 0.717) is 45.1 Å². The van der Waals surface area contributed by atoms with E-state index in [1.54, 1.807) is 20.4 Å². The van der Waals surface area contributed by atoms with Gasteiger partial charge in [0.2, 0.25) is 5.91 Å². The second kappa shape index (κ2) is 10.1. The average molecular weight is 353 g/mol. The first-order valence-corrected chi connectivity index (χ1v) is 8.28. The Morgan fingerprint density at radius 1 is 1.52 bits per heavy atom. The van der Waals surface area contributed by atoms with Crippen molar-refractivity contribution in [3.05, 3.63) is 12.5 Å². The van der Waals surface area contributed by atoms with E-state index in [1.807, 2.05) is 11.9 Å². The molecule has 0 aliphatic carbocycles. The minimum absolute atomic E-state index is 0.0288. The summed E-state index contributed by atoms with van der Waals surface area (Å²) < 4.78 is 16.1. The van der Waals surface area contributed by atoms with E-state index in [0.717, 1.165) is 12.4 Å². The Kier molecular flexibility index (Phi) is 7.83. The molecule has 25 heavy (non-hydrogen) atoms. The van der Waals surface area contributed by atoms with Gasteiger partial charge >= 0.3 is 0 Å². The molecule has 1 fully saturated rings. The summed E-state index contributed by atoms with van der Waals surface area (Å²) in [7, 11) is 5.13. The van der Waals surface area contributed by atoms with E-state index in [-0.39, 0.29) is 12.0 Å². The predicted molar refractivity (Wildman–Crippen MR) is 92.9 cm³/mol. The van der Waals surface area contributed by atoms with Crippen molar-refractivity contribution in [3.63, 3.8) is 0 Å². The average Bonchev–Trinajstić information content (AvgIpc) is 2.65. The molecule has 2 heterocycles. The van der Waals surface area contributed by atoms with Crippen LogP contribution in [0.1, 0.15) is 0 Å². The van der Waals surface area contributed by atoms with Crippen LogP contribution in [0.25, 0.3) is 0 Å². The van der Waals surface area contributed by atoms with Crippen molar-refractivity contribution in [2.45, 2.75) is 6.10 Å². The van der Waals surface area contributed by atoms with Crippen molar-refractivity contribution >= 4 is 11.7 Å². The van der Waals surface area contributed by atoms with Crippen LogP contribution < -0.4 is 15.0 Å². The molecule has 1 N–H and O–H groups in total. The fourth-order valence-corrected chi connectivity index (χ4v) is 2.58. The number of morpholine rings is 1. The number of ether oxygens (including phenoxy) is 3. The minimum Gasteiger partial charge on any atom is -0.491 e. The Labute approximate surface area is 148 Å². The van der Waals surface area contributed by atoms with Gasteiger partial charge in [0, 0.05) is 33.3 Å². The Hall–Kier alpha value is -1.97. The van der Waals surface area contributed by atoms with Gasteiger partial charge in [-0.2, -0.15) is 0 Å². The number of nitrogens with one attached hydrogen (secondary N) is 1. The van der Waals surface area contributed by atoms with Crippen molar-refractivity contribution in [2.75, 3.05) is 72.1 Å². The lowest BCUT2D eigenvalue weighted by Crippen LogP contribution is -2.49. The standard InChI is InChI=1S/C16H27N5O4/c1-20(4-6-23-2)11-15(22)18-8-13-10-21(5-7-25-13)16-14(24-3)9-17-12-19-16/h9,12-13H,4-8,10-11H2,1-3H3,(H,18,22). The lowest BCUT2D eigenvalue weighted by molar-refractivity contribution is -0.122. The van der Waals surface area contributed by atoms with E-state index >= 15 is 0 Å². The Morgan fingerprint density at radius 3 is 3.12 bits per heavy atom. The lowest BCUT2D eigenvalue weighted by atomic mass is 10.2. The molecular weight excluding hydrogens is 326 g/mol. The van der Waals surface area contributed by atoms with Gasteiger partial charge in [0.25, 0.3) is 0 Å². The highest BCUT2D eigenvalue weighted by Crippen LogP contribution is 2.25. The molecule has 9 heteroatoms. The lowest BCUT2D eigenvalue weighted by Gasteiger charge is -2.34. The van der Waals surface area contributed by atoms with Crippen molar-refractivity contribution in [1.29, 1.82) is 0 Å². The zero-order chi connectivity index (χ0) is 18.1. The van der Waals surface area contributed by atoms with Crippen molar-refractivity contribution < 1.29 is 19.0 Å².